The summed E-state index contributed by atoms with van der Waals surface area (Å²) in [5.74, 6) is -0.459. The summed E-state index contributed by atoms with van der Waals surface area (Å²) in [7, 11) is 0. The first-order valence-corrected chi connectivity index (χ1v) is 11.4. The predicted molar refractivity (Wildman–Crippen MR) is 134 cm³/mol. The van der Waals surface area contributed by atoms with Gasteiger partial charge < -0.3 is 15.0 Å². The number of benzene rings is 3. The van der Waals surface area contributed by atoms with Gasteiger partial charge >= 0.3 is 12.0 Å². The molecule has 0 saturated heterocycles. The van der Waals surface area contributed by atoms with Gasteiger partial charge in [-0.3, -0.25) is 4.90 Å². The molecule has 2 amide bonds. The van der Waals surface area contributed by atoms with Crippen LogP contribution in [0.15, 0.2) is 85.1 Å². The van der Waals surface area contributed by atoms with Gasteiger partial charge in [0, 0.05) is 29.2 Å². The number of carbonyl (C=O) groups excluding carboxylic acids is 2. The van der Waals surface area contributed by atoms with E-state index < -0.39 is 5.97 Å². The van der Waals surface area contributed by atoms with Gasteiger partial charge in [0.2, 0.25) is 0 Å². The fourth-order valence-electron chi connectivity index (χ4n) is 4.38. The summed E-state index contributed by atoms with van der Waals surface area (Å²) >= 11 is 0. The van der Waals surface area contributed by atoms with E-state index in [1.54, 1.807) is 18.0 Å². The van der Waals surface area contributed by atoms with Crippen LogP contribution in [0.2, 0.25) is 0 Å². The molecule has 0 unspecified atom stereocenters. The quantitative estimate of drug-likeness (QED) is 0.384. The van der Waals surface area contributed by atoms with Crippen molar-refractivity contribution in [3.63, 3.8) is 0 Å². The van der Waals surface area contributed by atoms with Gasteiger partial charge in [0.15, 0.2) is 0 Å². The molecule has 5 rings (SSSR count). The second kappa shape index (κ2) is 9.27. The number of amides is 2. The minimum Gasteiger partial charge on any atom is -0.462 e. The van der Waals surface area contributed by atoms with E-state index >= 15 is 0 Å². The lowest BCUT2D eigenvalue weighted by molar-refractivity contribution is -0.136. The van der Waals surface area contributed by atoms with Gasteiger partial charge in [0.25, 0.3) is 0 Å². The molecule has 0 radical (unpaired) electrons. The summed E-state index contributed by atoms with van der Waals surface area (Å²) in [4.78, 5) is 31.2. The number of carbonyl (C=O) groups is 2. The first-order chi connectivity index (χ1) is 16.7. The molecule has 34 heavy (non-hydrogen) atoms. The van der Waals surface area contributed by atoms with Crippen molar-refractivity contribution in [2.75, 3.05) is 18.5 Å². The van der Waals surface area contributed by atoms with Gasteiger partial charge in [-0.15, -0.1) is 0 Å². The van der Waals surface area contributed by atoms with E-state index in [1.165, 1.54) is 0 Å². The molecule has 0 saturated carbocycles. The number of aromatic nitrogens is 1. The molecule has 0 bridgehead atoms. The molecule has 1 aliphatic heterocycles. The monoisotopic (exact) mass is 451 g/mol. The van der Waals surface area contributed by atoms with Crippen LogP contribution < -0.4 is 5.32 Å². The fraction of sp³-hybridized carbons (Fsp3) is 0.143. The number of ether oxygens (including phenoxy) is 1. The molecule has 6 nitrogen and oxygen atoms in total. The number of hydrogen-bond donors (Lipinski definition) is 2. The third-order valence-corrected chi connectivity index (χ3v) is 5.98. The van der Waals surface area contributed by atoms with Crippen LogP contribution in [0, 0.1) is 0 Å². The minimum absolute atomic E-state index is 0.252. The smallest absolute Gasteiger partial charge is 0.341 e. The third-order valence-electron chi connectivity index (χ3n) is 5.98. The van der Waals surface area contributed by atoms with Crippen LogP contribution >= 0.6 is 0 Å². The van der Waals surface area contributed by atoms with Crippen molar-refractivity contribution in [3.05, 3.63) is 96.3 Å². The van der Waals surface area contributed by atoms with E-state index in [0.717, 1.165) is 27.6 Å². The maximum Gasteiger partial charge on any atom is 0.341 e. The second-order valence-corrected chi connectivity index (χ2v) is 8.07. The SMILES string of the molecule is CCOC(=O)C1=CN(C(=O)Nc2ccccc2-c2ccccc2)CCc2c1[nH]c1ccccc21. The Kier molecular flexibility index (Phi) is 5.87. The summed E-state index contributed by atoms with van der Waals surface area (Å²) in [5, 5.41) is 4.08. The van der Waals surface area contributed by atoms with Crippen molar-refractivity contribution in [1.29, 1.82) is 0 Å². The highest BCUT2D eigenvalue weighted by molar-refractivity contribution is 6.18. The molecule has 3 aromatic carbocycles. The number of esters is 1. The highest BCUT2D eigenvalue weighted by Gasteiger charge is 2.27. The lowest BCUT2D eigenvalue weighted by atomic mass is 10.0. The Balaban J connectivity index is 1.49. The zero-order chi connectivity index (χ0) is 23.5. The van der Waals surface area contributed by atoms with Crippen molar-refractivity contribution in [3.8, 4) is 11.1 Å². The zero-order valence-electron chi connectivity index (χ0n) is 18.9. The number of aromatic amines is 1. The van der Waals surface area contributed by atoms with E-state index in [1.807, 2.05) is 78.9 Å². The summed E-state index contributed by atoms with van der Waals surface area (Å²) in [6.07, 6.45) is 2.20. The van der Waals surface area contributed by atoms with E-state index in [4.69, 9.17) is 4.74 Å². The molecule has 2 N–H and O–H groups in total. The van der Waals surface area contributed by atoms with Gasteiger partial charge in [-0.2, -0.15) is 0 Å². The molecular formula is C28H25N3O3. The van der Waals surface area contributed by atoms with E-state index in [2.05, 4.69) is 10.3 Å². The van der Waals surface area contributed by atoms with E-state index in [-0.39, 0.29) is 12.6 Å². The Morgan fingerprint density at radius 2 is 1.71 bits per heavy atom. The van der Waals surface area contributed by atoms with Crippen LogP contribution in [-0.4, -0.2) is 35.0 Å². The second-order valence-electron chi connectivity index (χ2n) is 8.07. The average Bonchev–Trinajstić information content (AvgIpc) is 3.12. The number of nitrogens with zero attached hydrogens (tertiary/aromatic N) is 1. The average molecular weight is 452 g/mol. The highest BCUT2D eigenvalue weighted by atomic mass is 16.5. The standard InChI is InChI=1S/C28H25N3O3/c1-2-34-27(32)23-18-31(17-16-22-21-13-7-9-15-25(21)29-26(22)23)28(33)30-24-14-8-6-12-20(24)19-10-4-3-5-11-19/h3-15,18,29H,2,16-17H2,1H3,(H,30,33). The zero-order valence-corrected chi connectivity index (χ0v) is 18.9. The minimum atomic E-state index is -0.459. The molecule has 0 spiro atoms. The van der Waals surface area contributed by atoms with Crippen LogP contribution in [0.25, 0.3) is 27.6 Å². The van der Waals surface area contributed by atoms with E-state index in [9.17, 15) is 9.59 Å². The Morgan fingerprint density at radius 3 is 2.53 bits per heavy atom. The molecule has 0 atom stereocenters. The molecule has 1 aromatic heterocycles. The number of fused-ring (bicyclic) bond motifs is 3. The largest absolute Gasteiger partial charge is 0.462 e. The molecular weight excluding hydrogens is 426 g/mol. The van der Waals surface area contributed by atoms with Crippen LogP contribution in [0.3, 0.4) is 0 Å². The maximum atomic E-state index is 13.4. The highest BCUT2D eigenvalue weighted by Crippen LogP contribution is 2.32. The molecule has 1 aliphatic rings. The summed E-state index contributed by atoms with van der Waals surface area (Å²) in [5.41, 5.74) is 5.66. The van der Waals surface area contributed by atoms with Crippen LogP contribution in [0.5, 0.6) is 0 Å². The Bertz CT molecular complexity index is 1390. The normalized spacial score (nSPS) is 13.1. The molecule has 2 heterocycles. The van der Waals surface area contributed by atoms with Crippen molar-refractivity contribution < 1.29 is 14.3 Å². The molecule has 170 valence electrons. The maximum absolute atomic E-state index is 13.4. The summed E-state index contributed by atoms with van der Waals surface area (Å²) in [6.45, 7) is 2.45. The lowest BCUT2D eigenvalue weighted by Crippen LogP contribution is -2.32. The third kappa shape index (κ3) is 4.06. The first kappa shape index (κ1) is 21.5. The Labute approximate surface area is 197 Å². The fourth-order valence-corrected chi connectivity index (χ4v) is 4.38. The Morgan fingerprint density at radius 1 is 0.971 bits per heavy atom. The number of H-pyrrole nitrogens is 1. The predicted octanol–water partition coefficient (Wildman–Crippen LogP) is 5.83. The number of rotatable bonds is 4. The number of nitrogens with one attached hydrogen (secondary N) is 2. The van der Waals surface area contributed by atoms with Gasteiger partial charge in [-0.05, 0) is 36.6 Å². The van der Waals surface area contributed by atoms with Gasteiger partial charge in [0.1, 0.15) is 0 Å². The summed E-state index contributed by atoms with van der Waals surface area (Å²) < 4.78 is 5.33. The van der Waals surface area contributed by atoms with Crippen molar-refractivity contribution >= 4 is 34.2 Å². The van der Waals surface area contributed by atoms with Gasteiger partial charge in [-0.25, -0.2) is 9.59 Å². The number of hydrogen-bond acceptors (Lipinski definition) is 3. The lowest BCUT2D eigenvalue weighted by Gasteiger charge is -2.20. The topological polar surface area (TPSA) is 74.4 Å². The first-order valence-electron chi connectivity index (χ1n) is 11.4. The summed E-state index contributed by atoms with van der Waals surface area (Å²) in [6, 6.07) is 25.2. The molecule has 0 fully saturated rings. The van der Waals surface area contributed by atoms with Crippen molar-refractivity contribution in [2.45, 2.75) is 13.3 Å². The van der Waals surface area contributed by atoms with Crippen molar-refractivity contribution in [1.82, 2.24) is 9.88 Å². The van der Waals surface area contributed by atoms with Crippen LogP contribution in [0.1, 0.15) is 18.2 Å². The number of para-hydroxylation sites is 2. The molecule has 0 aliphatic carbocycles. The van der Waals surface area contributed by atoms with Crippen LogP contribution in [0.4, 0.5) is 10.5 Å². The van der Waals surface area contributed by atoms with E-state index in [0.29, 0.717) is 29.9 Å². The van der Waals surface area contributed by atoms with Gasteiger partial charge in [0.05, 0.1) is 23.6 Å². The Hall–Kier alpha value is -4.32. The molecule has 6 heteroatoms. The van der Waals surface area contributed by atoms with Crippen molar-refractivity contribution in [2.24, 2.45) is 0 Å². The number of anilines is 1. The number of urea groups is 1. The van der Waals surface area contributed by atoms with Crippen LogP contribution in [-0.2, 0) is 16.0 Å². The molecule has 4 aromatic rings. The van der Waals surface area contributed by atoms with Gasteiger partial charge in [-0.1, -0.05) is 66.7 Å².